The second-order valence-electron chi connectivity index (χ2n) is 6.85. The van der Waals surface area contributed by atoms with E-state index in [9.17, 15) is 13.2 Å². The summed E-state index contributed by atoms with van der Waals surface area (Å²) in [7, 11) is -3.58. The van der Waals surface area contributed by atoms with Gasteiger partial charge >= 0.3 is 0 Å². The van der Waals surface area contributed by atoms with E-state index < -0.39 is 15.9 Å². The van der Waals surface area contributed by atoms with Crippen molar-refractivity contribution in [1.82, 2.24) is 8.87 Å². The van der Waals surface area contributed by atoms with E-state index in [2.05, 4.69) is 11.6 Å². The minimum absolute atomic E-state index is 0.155. The Hall–Kier alpha value is -2.75. The Morgan fingerprint density at radius 2 is 1.84 bits per heavy atom. The molecular formula is C23H27N3O4S2. The summed E-state index contributed by atoms with van der Waals surface area (Å²) in [5.74, 6) is 0.280. The van der Waals surface area contributed by atoms with Gasteiger partial charge in [-0.3, -0.25) is 4.79 Å². The molecule has 0 saturated carbocycles. The van der Waals surface area contributed by atoms with E-state index in [1.165, 1.54) is 39.9 Å². The van der Waals surface area contributed by atoms with Crippen LogP contribution in [-0.2, 0) is 16.6 Å². The van der Waals surface area contributed by atoms with Gasteiger partial charge in [-0.25, -0.2) is 8.42 Å². The van der Waals surface area contributed by atoms with Crippen LogP contribution in [0.3, 0.4) is 0 Å². The molecule has 32 heavy (non-hydrogen) atoms. The molecule has 1 aromatic heterocycles. The molecule has 0 spiro atoms. The first-order valence-corrected chi connectivity index (χ1v) is 12.7. The summed E-state index contributed by atoms with van der Waals surface area (Å²) < 4.78 is 35.3. The number of nitrogens with zero attached hydrogens (tertiary/aromatic N) is 3. The van der Waals surface area contributed by atoms with Crippen LogP contribution >= 0.6 is 11.3 Å². The van der Waals surface area contributed by atoms with Gasteiger partial charge in [-0.2, -0.15) is 9.30 Å². The molecule has 9 heteroatoms. The summed E-state index contributed by atoms with van der Waals surface area (Å²) in [6.45, 7) is 11.1. The molecular weight excluding hydrogens is 446 g/mol. The number of hydrogen-bond donors (Lipinski definition) is 0. The number of allylic oxidation sites excluding steroid dienone is 1. The van der Waals surface area contributed by atoms with Gasteiger partial charge in [0.1, 0.15) is 11.3 Å². The highest BCUT2D eigenvalue weighted by Gasteiger charge is 2.21. The van der Waals surface area contributed by atoms with E-state index in [0.717, 1.165) is 16.0 Å². The van der Waals surface area contributed by atoms with Crippen LogP contribution in [0.4, 0.5) is 0 Å². The van der Waals surface area contributed by atoms with E-state index in [0.29, 0.717) is 36.6 Å². The lowest BCUT2D eigenvalue weighted by Gasteiger charge is -2.18. The molecule has 1 amide bonds. The van der Waals surface area contributed by atoms with E-state index in [1.54, 1.807) is 19.9 Å². The predicted molar refractivity (Wildman–Crippen MR) is 128 cm³/mol. The highest BCUT2D eigenvalue weighted by molar-refractivity contribution is 7.89. The van der Waals surface area contributed by atoms with Crippen molar-refractivity contribution in [2.24, 2.45) is 4.99 Å². The number of aromatic nitrogens is 1. The molecule has 0 aliphatic heterocycles. The first-order chi connectivity index (χ1) is 15.4. The van der Waals surface area contributed by atoms with Gasteiger partial charge in [-0.05, 0) is 43.3 Å². The summed E-state index contributed by atoms with van der Waals surface area (Å²) in [5.41, 5.74) is 1.18. The van der Waals surface area contributed by atoms with Crippen LogP contribution in [0.1, 0.15) is 31.1 Å². The fourth-order valence-corrected chi connectivity index (χ4v) is 5.90. The fourth-order valence-electron chi connectivity index (χ4n) is 3.39. The molecule has 7 nitrogen and oxygen atoms in total. The summed E-state index contributed by atoms with van der Waals surface area (Å²) in [4.78, 5) is 17.9. The standard InChI is InChI=1S/C23H27N3O4S2/c1-5-16-26-21-19(30-8-4)10-9-11-20(21)31-23(26)24-22(27)17-12-14-18(15-13-17)32(28,29)25(6-2)7-3/h5,9-15H,1,6-8,16H2,2-4H3. The number of hydrogen-bond acceptors (Lipinski definition) is 5. The third kappa shape index (κ3) is 4.69. The lowest BCUT2D eigenvalue weighted by atomic mass is 10.2. The van der Waals surface area contributed by atoms with Gasteiger partial charge < -0.3 is 9.30 Å². The maximum atomic E-state index is 12.9. The van der Waals surface area contributed by atoms with Crippen LogP contribution in [0.5, 0.6) is 5.75 Å². The minimum atomic E-state index is -3.58. The molecule has 2 aromatic carbocycles. The van der Waals surface area contributed by atoms with Crippen LogP contribution in [0.2, 0.25) is 0 Å². The fraction of sp³-hybridized carbons (Fsp3) is 0.304. The Balaban J connectivity index is 2.02. The van der Waals surface area contributed by atoms with Gasteiger partial charge in [0.25, 0.3) is 5.91 Å². The number of carbonyl (C=O) groups is 1. The number of carbonyl (C=O) groups excluding carboxylic acids is 1. The molecule has 0 N–H and O–H groups in total. The maximum absolute atomic E-state index is 12.9. The molecule has 0 aliphatic rings. The zero-order chi connectivity index (χ0) is 23.3. The van der Waals surface area contributed by atoms with E-state index >= 15 is 0 Å². The first-order valence-electron chi connectivity index (χ1n) is 10.4. The van der Waals surface area contributed by atoms with Crippen LogP contribution in [0, 0.1) is 0 Å². The lowest BCUT2D eigenvalue weighted by molar-refractivity contribution is 0.0997. The zero-order valence-corrected chi connectivity index (χ0v) is 20.1. The van der Waals surface area contributed by atoms with Gasteiger partial charge in [0.15, 0.2) is 4.80 Å². The zero-order valence-electron chi connectivity index (χ0n) is 18.4. The van der Waals surface area contributed by atoms with E-state index in [1.807, 2.05) is 29.7 Å². The Morgan fingerprint density at radius 1 is 1.16 bits per heavy atom. The monoisotopic (exact) mass is 473 g/mol. The molecule has 3 rings (SSSR count). The number of sulfonamides is 1. The molecule has 1 heterocycles. The van der Waals surface area contributed by atoms with Gasteiger partial charge in [-0.15, -0.1) is 6.58 Å². The van der Waals surface area contributed by atoms with Crippen molar-refractivity contribution in [2.75, 3.05) is 19.7 Å². The Labute approximate surface area is 192 Å². The normalized spacial score (nSPS) is 12.4. The van der Waals surface area contributed by atoms with Crippen molar-refractivity contribution in [3.05, 3.63) is 65.5 Å². The van der Waals surface area contributed by atoms with Crippen LogP contribution < -0.4 is 9.54 Å². The third-order valence-corrected chi connectivity index (χ3v) is 8.02. The van der Waals surface area contributed by atoms with Gasteiger partial charge in [0, 0.05) is 25.2 Å². The highest BCUT2D eigenvalue weighted by atomic mass is 32.2. The minimum Gasteiger partial charge on any atom is -0.492 e. The van der Waals surface area contributed by atoms with Crippen molar-refractivity contribution < 1.29 is 17.9 Å². The third-order valence-electron chi connectivity index (χ3n) is 4.92. The summed E-state index contributed by atoms with van der Waals surface area (Å²) in [6.07, 6.45) is 1.74. The largest absolute Gasteiger partial charge is 0.492 e. The second-order valence-corrected chi connectivity index (χ2v) is 9.80. The quantitative estimate of drug-likeness (QED) is 0.439. The maximum Gasteiger partial charge on any atom is 0.279 e. The predicted octanol–water partition coefficient (Wildman–Crippen LogP) is 4.06. The topological polar surface area (TPSA) is 81.0 Å². The molecule has 0 radical (unpaired) electrons. The molecule has 3 aromatic rings. The summed E-state index contributed by atoms with van der Waals surface area (Å²) >= 11 is 1.39. The average molecular weight is 474 g/mol. The van der Waals surface area contributed by atoms with Gasteiger partial charge in [0.05, 0.1) is 16.2 Å². The van der Waals surface area contributed by atoms with Crippen molar-refractivity contribution in [3.8, 4) is 5.75 Å². The molecule has 170 valence electrons. The number of amides is 1. The summed E-state index contributed by atoms with van der Waals surface area (Å²) in [5, 5.41) is 0. The molecule has 0 bridgehead atoms. The molecule has 0 atom stereocenters. The summed E-state index contributed by atoms with van der Waals surface area (Å²) in [6, 6.07) is 11.6. The van der Waals surface area contributed by atoms with Crippen LogP contribution in [0.25, 0.3) is 10.2 Å². The molecule has 0 aliphatic carbocycles. The number of para-hydroxylation sites is 1. The lowest BCUT2D eigenvalue weighted by Crippen LogP contribution is -2.30. The van der Waals surface area contributed by atoms with Crippen molar-refractivity contribution in [1.29, 1.82) is 0 Å². The van der Waals surface area contributed by atoms with Gasteiger partial charge in [-0.1, -0.05) is 37.3 Å². The number of benzene rings is 2. The molecule has 0 saturated heterocycles. The van der Waals surface area contributed by atoms with Crippen molar-refractivity contribution >= 4 is 37.5 Å². The number of rotatable bonds is 9. The van der Waals surface area contributed by atoms with E-state index in [-0.39, 0.29) is 4.90 Å². The Bertz CT molecular complexity index is 1290. The van der Waals surface area contributed by atoms with Gasteiger partial charge in [0.2, 0.25) is 10.0 Å². The number of fused-ring (bicyclic) bond motifs is 1. The number of thiazole rings is 1. The Morgan fingerprint density at radius 3 is 2.44 bits per heavy atom. The average Bonchev–Trinajstić information content (AvgIpc) is 3.13. The number of ether oxygens (including phenoxy) is 1. The van der Waals surface area contributed by atoms with Crippen molar-refractivity contribution in [2.45, 2.75) is 32.2 Å². The molecule has 0 fully saturated rings. The van der Waals surface area contributed by atoms with E-state index in [4.69, 9.17) is 4.74 Å². The second kappa shape index (κ2) is 10.2. The van der Waals surface area contributed by atoms with Crippen LogP contribution in [0.15, 0.2) is 65.0 Å². The Kier molecular flexibility index (Phi) is 7.65. The molecule has 0 unspecified atom stereocenters. The van der Waals surface area contributed by atoms with Crippen LogP contribution in [-0.4, -0.2) is 42.9 Å². The SMILES string of the molecule is C=CCn1c(=NC(=O)c2ccc(S(=O)(=O)N(CC)CC)cc2)sc2cccc(OCC)c21. The first kappa shape index (κ1) is 23.9. The highest BCUT2D eigenvalue weighted by Crippen LogP contribution is 2.27. The van der Waals surface area contributed by atoms with Crippen molar-refractivity contribution in [3.63, 3.8) is 0 Å². The smallest absolute Gasteiger partial charge is 0.279 e.